The fourth-order valence-electron chi connectivity index (χ4n) is 3.77. The van der Waals surface area contributed by atoms with E-state index in [0.717, 1.165) is 21.4 Å². The summed E-state index contributed by atoms with van der Waals surface area (Å²) in [6.45, 7) is 6.21. The summed E-state index contributed by atoms with van der Waals surface area (Å²) >= 11 is 7.24. The number of nitrogens with one attached hydrogen (secondary N) is 2. The van der Waals surface area contributed by atoms with Gasteiger partial charge < -0.3 is 9.88 Å². The molecule has 0 aliphatic carbocycles. The first-order chi connectivity index (χ1) is 15.7. The van der Waals surface area contributed by atoms with E-state index in [1.165, 1.54) is 11.1 Å². The van der Waals surface area contributed by atoms with E-state index in [0.29, 0.717) is 40.3 Å². The molecule has 0 bridgehead atoms. The van der Waals surface area contributed by atoms with Gasteiger partial charge in [-0.1, -0.05) is 11.6 Å². The number of hydrogen-bond donors (Lipinski definition) is 2. The summed E-state index contributed by atoms with van der Waals surface area (Å²) in [5.74, 6) is -1.23. The van der Waals surface area contributed by atoms with Crippen LogP contribution in [-0.4, -0.2) is 43.1 Å². The van der Waals surface area contributed by atoms with Crippen LogP contribution in [0.1, 0.15) is 29.8 Å². The number of fused-ring (bicyclic) bond motifs is 2. The summed E-state index contributed by atoms with van der Waals surface area (Å²) in [6.07, 6.45) is 1.48. The number of aromatic amines is 1. The minimum absolute atomic E-state index is 0.196. The van der Waals surface area contributed by atoms with Crippen LogP contribution in [0.3, 0.4) is 0 Å². The first-order valence-corrected chi connectivity index (χ1v) is 13.0. The Kier molecular flexibility index (Phi) is 6.22. The lowest BCUT2D eigenvalue weighted by Crippen LogP contribution is -2.36. The van der Waals surface area contributed by atoms with Crippen LogP contribution in [0.15, 0.2) is 46.8 Å². The molecule has 2 aromatic carbocycles. The normalized spacial score (nSPS) is 11.8. The number of likely N-dealkylation sites (N-methyl/N-ethyl adjacent to an activating group) is 1. The summed E-state index contributed by atoms with van der Waals surface area (Å²) in [5.41, 5.74) is 1.74. The molecule has 10 heteroatoms. The van der Waals surface area contributed by atoms with Crippen molar-refractivity contribution in [1.29, 1.82) is 0 Å². The van der Waals surface area contributed by atoms with Crippen molar-refractivity contribution in [2.24, 2.45) is 0 Å². The summed E-state index contributed by atoms with van der Waals surface area (Å²) in [6, 6.07) is 10.1. The number of amides is 1. The van der Waals surface area contributed by atoms with Crippen molar-refractivity contribution >= 4 is 71.3 Å². The number of aryl methyl sites for hydroxylation is 1. The van der Waals surface area contributed by atoms with Crippen molar-refractivity contribution < 1.29 is 18.0 Å². The van der Waals surface area contributed by atoms with Crippen LogP contribution in [0, 0.1) is 6.92 Å². The number of benzene rings is 2. The number of aromatic nitrogens is 1. The first-order valence-electron chi connectivity index (χ1n) is 10.3. The van der Waals surface area contributed by atoms with Gasteiger partial charge in [-0.3, -0.25) is 14.3 Å². The van der Waals surface area contributed by atoms with Crippen LogP contribution >= 0.6 is 22.9 Å². The zero-order valence-electron chi connectivity index (χ0n) is 18.2. The topological polar surface area (TPSA) is 99.3 Å². The fourth-order valence-corrected chi connectivity index (χ4v) is 6.74. The molecule has 0 aliphatic heterocycles. The van der Waals surface area contributed by atoms with Gasteiger partial charge in [0.1, 0.15) is 4.21 Å². The van der Waals surface area contributed by atoms with Crippen LogP contribution in [-0.2, 0) is 14.8 Å². The molecule has 4 rings (SSSR count). The maximum absolute atomic E-state index is 13.2. The number of sulfonamides is 1. The molecule has 1 amide bonds. The van der Waals surface area contributed by atoms with Crippen molar-refractivity contribution in [1.82, 2.24) is 9.88 Å². The van der Waals surface area contributed by atoms with E-state index in [1.54, 1.807) is 57.2 Å². The minimum Gasteiger partial charge on any atom is -0.360 e. The quantitative estimate of drug-likeness (QED) is 0.267. The Hall–Kier alpha value is -2.88. The fraction of sp³-hybridized carbons (Fsp3) is 0.217. The number of ketones is 1. The third-order valence-electron chi connectivity index (χ3n) is 5.52. The SMILES string of the molecule is CCN(CC)C(=O)C(=O)c1c[nH]c2ccc(NS(=O)(=O)c3sc4ccc(Cl)cc4c3C)cc12. The number of thiophene rings is 1. The van der Waals surface area contributed by atoms with Gasteiger partial charge in [-0.2, -0.15) is 0 Å². The Bertz CT molecular complexity index is 1500. The molecule has 7 nitrogen and oxygen atoms in total. The molecular weight excluding hydrogens is 482 g/mol. The van der Waals surface area contributed by atoms with Crippen molar-refractivity contribution in [3.05, 3.63) is 58.7 Å². The highest BCUT2D eigenvalue weighted by Gasteiger charge is 2.25. The number of carbonyl (C=O) groups excluding carboxylic acids is 2. The molecule has 0 aliphatic rings. The molecule has 0 saturated carbocycles. The lowest BCUT2D eigenvalue weighted by molar-refractivity contribution is -0.126. The number of Topliss-reactive ketones (excluding diaryl/α,β-unsaturated/α-hetero) is 1. The molecule has 4 aromatic rings. The molecule has 2 aromatic heterocycles. The van der Waals surface area contributed by atoms with Gasteiger partial charge in [-0.25, -0.2) is 8.42 Å². The van der Waals surface area contributed by atoms with Crippen LogP contribution in [0.4, 0.5) is 5.69 Å². The zero-order valence-corrected chi connectivity index (χ0v) is 20.6. The van der Waals surface area contributed by atoms with E-state index < -0.39 is 21.7 Å². The Labute approximate surface area is 200 Å². The third-order valence-corrected chi connectivity index (χ3v) is 9.03. The van der Waals surface area contributed by atoms with E-state index in [4.69, 9.17) is 11.6 Å². The van der Waals surface area contributed by atoms with Gasteiger partial charge >= 0.3 is 0 Å². The van der Waals surface area contributed by atoms with Gasteiger partial charge in [0.15, 0.2) is 0 Å². The Morgan fingerprint density at radius 1 is 1.09 bits per heavy atom. The molecule has 172 valence electrons. The predicted molar refractivity (Wildman–Crippen MR) is 133 cm³/mol. The average Bonchev–Trinajstić information content (AvgIpc) is 3.35. The molecule has 2 heterocycles. The molecule has 33 heavy (non-hydrogen) atoms. The second-order valence-electron chi connectivity index (χ2n) is 7.53. The Balaban J connectivity index is 1.70. The van der Waals surface area contributed by atoms with E-state index >= 15 is 0 Å². The molecular formula is C23H22ClN3O4S2. The van der Waals surface area contributed by atoms with Gasteiger partial charge in [0, 0.05) is 45.6 Å². The molecule has 0 saturated heterocycles. The van der Waals surface area contributed by atoms with Gasteiger partial charge in [0.2, 0.25) is 0 Å². The lowest BCUT2D eigenvalue weighted by Gasteiger charge is -2.17. The number of carbonyl (C=O) groups is 2. The number of nitrogens with zero attached hydrogens (tertiary/aromatic N) is 1. The van der Waals surface area contributed by atoms with E-state index in [9.17, 15) is 18.0 Å². The molecule has 2 N–H and O–H groups in total. The number of anilines is 1. The van der Waals surface area contributed by atoms with Gasteiger partial charge in [0.05, 0.1) is 5.56 Å². The van der Waals surface area contributed by atoms with Crippen LogP contribution in [0.2, 0.25) is 5.02 Å². The molecule has 0 fully saturated rings. The van der Waals surface area contributed by atoms with Crippen molar-refractivity contribution in [2.45, 2.75) is 25.0 Å². The second kappa shape index (κ2) is 8.81. The highest BCUT2D eigenvalue weighted by atomic mass is 35.5. The zero-order chi connectivity index (χ0) is 23.9. The molecule has 0 atom stereocenters. The monoisotopic (exact) mass is 503 g/mol. The number of rotatable bonds is 7. The standard InChI is InChI=1S/C23H22ClN3O4S2/c1-4-27(5-2)22(29)21(28)18-12-25-19-8-7-15(11-17(18)19)26-33(30,31)23-13(3)16-10-14(24)6-9-20(16)32-23/h6-12,25-26H,4-5H2,1-3H3. The highest BCUT2D eigenvalue weighted by Crippen LogP contribution is 2.36. The smallest absolute Gasteiger partial charge is 0.295 e. The first kappa shape index (κ1) is 23.3. The largest absolute Gasteiger partial charge is 0.360 e. The van der Waals surface area contributed by atoms with Gasteiger partial charge in [0.25, 0.3) is 21.7 Å². The van der Waals surface area contributed by atoms with Crippen molar-refractivity contribution in [3.63, 3.8) is 0 Å². The second-order valence-corrected chi connectivity index (χ2v) is 10.9. The number of hydrogen-bond acceptors (Lipinski definition) is 5. The van der Waals surface area contributed by atoms with Crippen LogP contribution in [0.25, 0.3) is 21.0 Å². The highest BCUT2D eigenvalue weighted by molar-refractivity contribution is 7.94. The Morgan fingerprint density at radius 3 is 2.52 bits per heavy atom. The summed E-state index contributed by atoms with van der Waals surface area (Å²) in [5, 5.41) is 1.80. The van der Waals surface area contributed by atoms with Crippen molar-refractivity contribution in [3.8, 4) is 0 Å². The van der Waals surface area contributed by atoms with Crippen LogP contribution < -0.4 is 4.72 Å². The maximum atomic E-state index is 13.2. The molecule has 0 unspecified atom stereocenters. The molecule has 0 spiro atoms. The van der Waals surface area contributed by atoms with Crippen molar-refractivity contribution in [2.75, 3.05) is 17.8 Å². The number of H-pyrrole nitrogens is 1. The van der Waals surface area contributed by atoms with Crippen LogP contribution in [0.5, 0.6) is 0 Å². The summed E-state index contributed by atoms with van der Waals surface area (Å²) in [7, 11) is -3.89. The van der Waals surface area contributed by atoms with E-state index in [1.807, 2.05) is 0 Å². The van der Waals surface area contributed by atoms with Gasteiger partial charge in [-0.15, -0.1) is 11.3 Å². The third kappa shape index (κ3) is 4.23. The maximum Gasteiger partial charge on any atom is 0.295 e. The summed E-state index contributed by atoms with van der Waals surface area (Å²) < 4.78 is 30.0. The molecule has 0 radical (unpaired) electrons. The number of halogens is 1. The van der Waals surface area contributed by atoms with Gasteiger partial charge in [-0.05, 0) is 68.1 Å². The van der Waals surface area contributed by atoms with E-state index in [2.05, 4.69) is 9.71 Å². The predicted octanol–water partition coefficient (Wildman–Crippen LogP) is 5.20. The Morgan fingerprint density at radius 2 is 1.82 bits per heavy atom. The average molecular weight is 504 g/mol. The minimum atomic E-state index is -3.89. The lowest BCUT2D eigenvalue weighted by atomic mass is 10.1. The van der Waals surface area contributed by atoms with E-state index in [-0.39, 0.29) is 9.77 Å². The summed E-state index contributed by atoms with van der Waals surface area (Å²) in [4.78, 5) is 29.8.